The summed E-state index contributed by atoms with van der Waals surface area (Å²) in [4.78, 5) is 34.0. The topological polar surface area (TPSA) is 95.5 Å². The van der Waals surface area contributed by atoms with Gasteiger partial charge in [-0.05, 0) is 43.0 Å². The standard InChI is InChI=1S/C16H20N2O4/c1-10-9-13(10)16(22)18-12-6-4-11(5-7-12)15(21)17-8-2-3-14(19)20/h4-7,10,13H,2-3,8-9H2,1H3,(H,17,21)(H,18,22)(H,19,20). The Hall–Kier alpha value is -2.37. The zero-order valence-corrected chi connectivity index (χ0v) is 12.5. The van der Waals surface area contributed by atoms with Gasteiger partial charge in [0.05, 0.1) is 0 Å². The van der Waals surface area contributed by atoms with E-state index in [0.717, 1.165) is 6.42 Å². The van der Waals surface area contributed by atoms with Gasteiger partial charge in [0.15, 0.2) is 0 Å². The monoisotopic (exact) mass is 304 g/mol. The Morgan fingerprint density at radius 2 is 1.86 bits per heavy atom. The number of benzene rings is 1. The van der Waals surface area contributed by atoms with Crippen LogP contribution in [-0.4, -0.2) is 29.4 Å². The van der Waals surface area contributed by atoms with Crippen molar-refractivity contribution in [2.45, 2.75) is 26.2 Å². The maximum atomic E-state index is 11.8. The first-order valence-corrected chi connectivity index (χ1v) is 7.38. The average Bonchev–Trinajstić information content (AvgIpc) is 3.21. The highest BCUT2D eigenvalue weighted by Gasteiger charge is 2.38. The maximum Gasteiger partial charge on any atom is 0.303 e. The van der Waals surface area contributed by atoms with E-state index in [0.29, 0.717) is 30.1 Å². The molecular formula is C16H20N2O4. The number of aliphatic carboxylic acids is 1. The average molecular weight is 304 g/mol. The second-order valence-corrected chi connectivity index (χ2v) is 5.64. The molecule has 1 saturated carbocycles. The van der Waals surface area contributed by atoms with Crippen molar-refractivity contribution in [3.63, 3.8) is 0 Å². The summed E-state index contributed by atoms with van der Waals surface area (Å²) in [6.45, 7) is 2.37. The lowest BCUT2D eigenvalue weighted by molar-refractivity contribution is -0.137. The Morgan fingerprint density at radius 1 is 1.23 bits per heavy atom. The Kier molecular flexibility index (Phi) is 5.14. The molecular weight excluding hydrogens is 284 g/mol. The van der Waals surface area contributed by atoms with Crippen molar-refractivity contribution in [3.05, 3.63) is 29.8 Å². The predicted octanol–water partition coefficient (Wildman–Crippen LogP) is 1.88. The molecule has 0 heterocycles. The highest BCUT2D eigenvalue weighted by atomic mass is 16.4. The van der Waals surface area contributed by atoms with E-state index in [1.165, 1.54) is 0 Å². The molecule has 2 amide bonds. The summed E-state index contributed by atoms with van der Waals surface area (Å²) < 4.78 is 0. The minimum absolute atomic E-state index is 0.0263. The first-order valence-electron chi connectivity index (χ1n) is 7.38. The molecule has 2 unspecified atom stereocenters. The number of anilines is 1. The molecule has 1 aliphatic rings. The van der Waals surface area contributed by atoms with Crippen molar-refractivity contribution < 1.29 is 19.5 Å². The summed E-state index contributed by atoms with van der Waals surface area (Å²) in [5, 5.41) is 14.0. The van der Waals surface area contributed by atoms with Gasteiger partial charge in [0.25, 0.3) is 5.91 Å². The second-order valence-electron chi connectivity index (χ2n) is 5.64. The van der Waals surface area contributed by atoms with Crippen LogP contribution in [0.15, 0.2) is 24.3 Å². The lowest BCUT2D eigenvalue weighted by atomic mass is 10.2. The number of nitrogens with one attached hydrogen (secondary N) is 2. The van der Waals surface area contributed by atoms with Crippen LogP contribution in [0.3, 0.4) is 0 Å². The van der Waals surface area contributed by atoms with Crippen molar-refractivity contribution in [1.82, 2.24) is 5.32 Å². The van der Waals surface area contributed by atoms with Crippen LogP contribution in [0.1, 0.15) is 36.5 Å². The third-order valence-corrected chi connectivity index (χ3v) is 3.71. The number of hydrogen-bond acceptors (Lipinski definition) is 3. The van der Waals surface area contributed by atoms with Crippen LogP contribution in [-0.2, 0) is 9.59 Å². The van der Waals surface area contributed by atoms with Gasteiger partial charge in [-0.2, -0.15) is 0 Å². The number of carbonyl (C=O) groups is 3. The van der Waals surface area contributed by atoms with Crippen LogP contribution in [0.25, 0.3) is 0 Å². The van der Waals surface area contributed by atoms with Gasteiger partial charge in [-0.3, -0.25) is 14.4 Å². The summed E-state index contributed by atoms with van der Waals surface area (Å²) in [6.07, 6.45) is 1.36. The molecule has 1 fully saturated rings. The van der Waals surface area contributed by atoms with Gasteiger partial charge < -0.3 is 15.7 Å². The lowest BCUT2D eigenvalue weighted by Gasteiger charge is -2.07. The van der Waals surface area contributed by atoms with Gasteiger partial charge in [-0.25, -0.2) is 0 Å². The highest BCUT2D eigenvalue weighted by Crippen LogP contribution is 2.38. The molecule has 1 aromatic carbocycles. The Labute approximate surface area is 128 Å². The molecule has 0 saturated heterocycles. The fourth-order valence-electron chi connectivity index (χ4n) is 2.17. The van der Waals surface area contributed by atoms with Crippen molar-refractivity contribution in [2.24, 2.45) is 11.8 Å². The van der Waals surface area contributed by atoms with Crippen molar-refractivity contribution in [3.8, 4) is 0 Å². The first-order chi connectivity index (χ1) is 10.5. The third kappa shape index (κ3) is 4.58. The normalized spacial score (nSPS) is 19.3. The SMILES string of the molecule is CC1CC1C(=O)Nc1ccc(C(=O)NCCCC(=O)O)cc1. The predicted molar refractivity (Wildman–Crippen MR) is 81.5 cm³/mol. The lowest BCUT2D eigenvalue weighted by Crippen LogP contribution is -2.24. The third-order valence-electron chi connectivity index (χ3n) is 3.71. The van der Waals surface area contributed by atoms with Crippen LogP contribution >= 0.6 is 0 Å². The molecule has 0 bridgehead atoms. The summed E-state index contributed by atoms with van der Waals surface area (Å²) in [7, 11) is 0. The number of carboxylic acid groups (broad SMARTS) is 1. The molecule has 1 aliphatic carbocycles. The highest BCUT2D eigenvalue weighted by molar-refractivity contribution is 5.96. The largest absolute Gasteiger partial charge is 0.481 e. The number of carbonyl (C=O) groups excluding carboxylic acids is 2. The van der Waals surface area contributed by atoms with Gasteiger partial charge in [-0.1, -0.05) is 6.92 Å². The molecule has 0 aromatic heterocycles. The smallest absolute Gasteiger partial charge is 0.303 e. The molecule has 0 spiro atoms. The Balaban J connectivity index is 1.79. The van der Waals surface area contributed by atoms with Gasteiger partial charge in [0.2, 0.25) is 5.91 Å². The molecule has 1 aromatic rings. The fourth-order valence-corrected chi connectivity index (χ4v) is 2.17. The molecule has 6 heteroatoms. The van der Waals surface area contributed by atoms with Crippen molar-refractivity contribution in [1.29, 1.82) is 0 Å². The Bertz CT molecular complexity index is 568. The van der Waals surface area contributed by atoms with E-state index in [1.54, 1.807) is 24.3 Å². The van der Waals surface area contributed by atoms with E-state index >= 15 is 0 Å². The first kappa shape index (κ1) is 16.0. The number of amides is 2. The Morgan fingerprint density at radius 3 is 2.41 bits per heavy atom. The van der Waals surface area contributed by atoms with E-state index in [4.69, 9.17) is 5.11 Å². The van der Waals surface area contributed by atoms with E-state index in [1.807, 2.05) is 6.92 Å². The van der Waals surface area contributed by atoms with Crippen LogP contribution in [0.5, 0.6) is 0 Å². The zero-order chi connectivity index (χ0) is 16.1. The summed E-state index contributed by atoms with van der Waals surface area (Å²) in [5.41, 5.74) is 1.15. The van der Waals surface area contributed by atoms with Crippen LogP contribution in [0.2, 0.25) is 0 Å². The van der Waals surface area contributed by atoms with Gasteiger partial charge in [0.1, 0.15) is 0 Å². The molecule has 22 heavy (non-hydrogen) atoms. The molecule has 0 radical (unpaired) electrons. The van der Waals surface area contributed by atoms with Crippen LogP contribution in [0.4, 0.5) is 5.69 Å². The minimum atomic E-state index is -0.876. The fraction of sp³-hybridized carbons (Fsp3) is 0.438. The van der Waals surface area contributed by atoms with Gasteiger partial charge in [-0.15, -0.1) is 0 Å². The van der Waals surface area contributed by atoms with Crippen molar-refractivity contribution in [2.75, 3.05) is 11.9 Å². The maximum absolute atomic E-state index is 11.8. The molecule has 6 nitrogen and oxygen atoms in total. The van der Waals surface area contributed by atoms with Crippen molar-refractivity contribution >= 4 is 23.5 Å². The quantitative estimate of drug-likeness (QED) is 0.670. The van der Waals surface area contributed by atoms with E-state index < -0.39 is 5.97 Å². The van der Waals surface area contributed by atoms with E-state index in [-0.39, 0.29) is 24.2 Å². The summed E-state index contributed by atoms with van der Waals surface area (Å²) >= 11 is 0. The van der Waals surface area contributed by atoms with Gasteiger partial charge in [0, 0.05) is 30.1 Å². The van der Waals surface area contributed by atoms with Crippen LogP contribution in [0, 0.1) is 11.8 Å². The number of rotatable bonds is 7. The molecule has 2 atom stereocenters. The number of carboxylic acids is 1. The second kappa shape index (κ2) is 7.06. The molecule has 3 N–H and O–H groups in total. The van der Waals surface area contributed by atoms with Crippen LogP contribution < -0.4 is 10.6 Å². The summed E-state index contributed by atoms with van der Waals surface area (Å²) in [6, 6.07) is 6.66. The molecule has 0 aliphatic heterocycles. The minimum Gasteiger partial charge on any atom is -0.481 e. The zero-order valence-electron chi connectivity index (χ0n) is 12.5. The molecule has 2 rings (SSSR count). The van der Waals surface area contributed by atoms with E-state index in [2.05, 4.69) is 10.6 Å². The van der Waals surface area contributed by atoms with Gasteiger partial charge >= 0.3 is 5.97 Å². The van der Waals surface area contributed by atoms with E-state index in [9.17, 15) is 14.4 Å². The molecule has 118 valence electrons. The summed E-state index contributed by atoms with van der Waals surface area (Å²) in [5.74, 6) is -0.537. The number of hydrogen-bond donors (Lipinski definition) is 3.